The van der Waals surface area contributed by atoms with Gasteiger partial charge in [0.25, 0.3) is 0 Å². The first-order valence-corrected chi connectivity index (χ1v) is 7.33. The normalized spacial score (nSPS) is 11.4. The smallest absolute Gasteiger partial charge is 0.335 e. The summed E-state index contributed by atoms with van der Waals surface area (Å²) in [4.78, 5) is 11.2. The van der Waals surface area contributed by atoms with Crippen molar-refractivity contribution >= 4 is 5.97 Å². The SMILES string of the molecule is CCCC=CC(=O)OC=CCCCCCCCC. The first-order chi connectivity index (χ1) is 8.81. The summed E-state index contributed by atoms with van der Waals surface area (Å²) in [6.07, 6.45) is 17.5. The zero-order valence-electron chi connectivity index (χ0n) is 12.0. The van der Waals surface area contributed by atoms with E-state index in [9.17, 15) is 4.79 Å². The number of rotatable bonds is 11. The lowest BCUT2D eigenvalue weighted by Crippen LogP contribution is -1.93. The number of unbranched alkanes of at least 4 members (excludes halogenated alkanes) is 7. The van der Waals surface area contributed by atoms with Crippen LogP contribution in [0.2, 0.25) is 0 Å². The third-order valence-corrected chi connectivity index (χ3v) is 2.71. The molecule has 0 aliphatic heterocycles. The van der Waals surface area contributed by atoms with Gasteiger partial charge in [-0.25, -0.2) is 4.79 Å². The van der Waals surface area contributed by atoms with E-state index in [1.54, 1.807) is 0 Å². The summed E-state index contributed by atoms with van der Waals surface area (Å²) in [7, 11) is 0. The van der Waals surface area contributed by atoms with E-state index < -0.39 is 0 Å². The molecule has 2 nitrogen and oxygen atoms in total. The molecule has 0 saturated heterocycles. The molecule has 0 amide bonds. The van der Waals surface area contributed by atoms with Crippen LogP contribution in [-0.4, -0.2) is 5.97 Å². The number of carbonyl (C=O) groups excluding carboxylic acids is 1. The van der Waals surface area contributed by atoms with Gasteiger partial charge in [-0.05, 0) is 25.3 Å². The van der Waals surface area contributed by atoms with Crippen molar-refractivity contribution in [2.45, 2.75) is 71.6 Å². The summed E-state index contributed by atoms with van der Waals surface area (Å²) in [5, 5.41) is 0. The predicted molar refractivity (Wildman–Crippen MR) is 77.3 cm³/mol. The summed E-state index contributed by atoms with van der Waals surface area (Å²) >= 11 is 0. The highest BCUT2D eigenvalue weighted by atomic mass is 16.5. The molecule has 0 aromatic rings. The summed E-state index contributed by atoms with van der Waals surface area (Å²) < 4.78 is 4.93. The quantitative estimate of drug-likeness (QED) is 0.220. The lowest BCUT2D eigenvalue weighted by molar-refractivity contribution is -0.132. The average molecular weight is 252 g/mol. The Morgan fingerprint density at radius 3 is 2.33 bits per heavy atom. The van der Waals surface area contributed by atoms with Crippen molar-refractivity contribution in [1.29, 1.82) is 0 Å². The van der Waals surface area contributed by atoms with Crippen LogP contribution >= 0.6 is 0 Å². The van der Waals surface area contributed by atoms with Gasteiger partial charge in [-0.15, -0.1) is 0 Å². The van der Waals surface area contributed by atoms with Crippen LogP contribution in [0, 0.1) is 0 Å². The second-order valence-corrected chi connectivity index (χ2v) is 4.56. The van der Waals surface area contributed by atoms with Crippen LogP contribution in [-0.2, 0) is 9.53 Å². The molecule has 0 N–H and O–H groups in total. The Balaban J connectivity index is 3.34. The summed E-state index contributed by atoms with van der Waals surface area (Å²) in [6, 6.07) is 0. The fourth-order valence-electron chi connectivity index (χ4n) is 1.61. The summed E-state index contributed by atoms with van der Waals surface area (Å²) in [5.74, 6) is -0.275. The third kappa shape index (κ3) is 13.0. The van der Waals surface area contributed by atoms with Crippen LogP contribution in [0.1, 0.15) is 71.6 Å². The Morgan fingerprint density at radius 1 is 0.889 bits per heavy atom. The van der Waals surface area contributed by atoms with Gasteiger partial charge < -0.3 is 4.74 Å². The zero-order valence-corrected chi connectivity index (χ0v) is 12.0. The highest BCUT2D eigenvalue weighted by Crippen LogP contribution is 2.07. The highest BCUT2D eigenvalue weighted by Gasteiger charge is 1.92. The molecule has 0 radical (unpaired) electrons. The molecule has 0 unspecified atom stereocenters. The van der Waals surface area contributed by atoms with Crippen molar-refractivity contribution in [3.05, 3.63) is 24.5 Å². The van der Waals surface area contributed by atoms with E-state index in [0.717, 1.165) is 19.3 Å². The fourth-order valence-corrected chi connectivity index (χ4v) is 1.61. The monoisotopic (exact) mass is 252 g/mol. The zero-order chi connectivity index (χ0) is 13.5. The molecule has 0 spiro atoms. The van der Waals surface area contributed by atoms with E-state index in [1.807, 2.05) is 12.2 Å². The van der Waals surface area contributed by atoms with E-state index in [4.69, 9.17) is 4.74 Å². The minimum Gasteiger partial charge on any atom is -0.432 e. The Morgan fingerprint density at radius 2 is 1.61 bits per heavy atom. The number of ether oxygens (including phenoxy) is 1. The first-order valence-electron chi connectivity index (χ1n) is 7.33. The maximum absolute atomic E-state index is 11.2. The van der Waals surface area contributed by atoms with Crippen molar-refractivity contribution in [1.82, 2.24) is 0 Å². The molecule has 0 heterocycles. The van der Waals surface area contributed by atoms with Crippen LogP contribution in [0.25, 0.3) is 0 Å². The Labute approximate surface area is 112 Å². The maximum atomic E-state index is 11.2. The van der Waals surface area contributed by atoms with E-state index in [-0.39, 0.29) is 5.97 Å². The summed E-state index contributed by atoms with van der Waals surface area (Å²) in [5.41, 5.74) is 0. The van der Waals surface area contributed by atoms with Crippen LogP contribution in [0.3, 0.4) is 0 Å². The van der Waals surface area contributed by atoms with Crippen LogP contribution in [0.5, 0.6) is 0 Å². The topological polar surface area (TPSA) is 26.3 Å². The molecular weight excluding hydrogens is 224 g/mol. The average Bonchev–Trinajstić information content (AvgIpc) is 2.37. The van der Waals surface area contributed by atoms with Gasteiger partial charge in [0.05, 0.1) is 6.26 Å². The Bertz CT molecular complexity index is 241. The molecule has 0 aromatic heterocycles. The molecule has 0 rings (SSSR count). The summed E-state index contributed by atoms with van der Waals surface area (Å²) in [6.45, 7) is 4.31. The van der Waals surface area contributed by atoms with Crippen molar-refractivity contribution in [3.8, 4) is 0 Å². The lowest BCUT2D eigenvalue weighted by atomic mass is 10.1. The molecule has 104 valence electrons. The Hall–Kier alpha value is -1.05. The van der Waals surface area contributed by atoms with Gasteiger partial charge in [0, 0.05) is 6.08 Å². The largest absolute Gasteiger partial charge is 0.432 e. The van der Waals surface area contributed by atoms with Gasteiger partial charge in [0.15, 0.2) is 0 Å². The van der Waals surface area contributed by atoms with Crippen LogP contribution in [0.15, 0.2) is 24.5 Å². The molecular formula is C16H28O2. The second kappa shape index (κ2) is 14.0. The van der Waals surface area contributed by atoms with Gasteiger partial charge in [0.2, 0.25) is 0 Å². The van der Waals surface area contributed by atoms with Crippen molar-refractivity contribution in [2.24, 2.45) is 0 Å². The minimum absolute atomic E-state index is 0.275. The molecule has 0 saturated carbocycles. The van der Waals surface area contributed by atoms with E-state index >= 15 is 0 Å². The number of carbonyl (C=O) groups is 1. The standard InChI is InChI=1S/C16H28O2/c1-3-5-7-8-9-10-11-13-15-18-16(17)14-12-6-4-2/h12-15H,3-11H2,1-2H3. The minimum atomic E-state index is -0.275. The second-order valence-electron chi connectivity index (χ2n) is 4.56. The molecule has 0 aliphatic rings. The highest BCUT2D eigenvalue weighted by molar-refractivity contribution is 5.82. The molecule has 0 aromatic carbocycles. The fraction of sp³-hybridized carbons (Fsp3) is 0.688. The third-order valence-electron chi connectivity index (χ3n) is 2.71. The number of allylic oxidation sites excluding steroid dienone is 2. The number of hydrogen-bond acceptors (Lipinski definition) is 2. The van der Waals surface area contributed by atoms with Gasteiger partial charge >= 0.3 is 5.97 Å². The van der Waals surface area contributed by atoms with Gasteiger partial charge in [-0.1, -0.05) is 58.4 Å². The maximum Gasteiger partial charge on any atom is 0.335 e. The van der Waals surface area contributed by atoms with Crippen molar-refractivity contribution in [2.75, 3.05) is 0 Å². The van der Waals surface area contributed by atoms with Crippen molar-refractivity contribution < 1.29 is 9.53 Å². The predicted octanol–water partition coefficient (Wildman–Crippen LogP) is 5.15. The van der Waals surface area contributed by atoms with Gasteiger partial charge in [0.1, 0.15) is 0 Å². The van der Waals surface area contributed by atoms with Crippen LogP contribution in [0.4, 0.5) is 0 Å². The van der Waals surface area contributed by atoms with Crippen LogP contribution < -0.4 is 0 Å². The molecule has 18 heavy (non-hydrogen) atoms. The molecule has 2 heteroatoms. The van der Waals surface area contributed by atoms with E-state index in [2.05, 4.69) is 13.8 Å². The van der Waals surface area contributed by atoms with Gasteiger partial charge in [-0.2, -0.15) is 0 Å². The molecule has 0 fully saturated rings. The molecule has 0 atom stereocenters. The Kier molecular flexibility index (Phi) is 13.2. The first kappa shape index (κ1) is 16.9. The molecule has 0 bridgehead atoms. The number of esters is 1. The van der Waals surface area contributed by atoms with E-state index in [1.165, 1.54) is 50.9 Å². The van der Waals surface area contributed by atoms with Crippen molar-refractivity contribution in [3.63, 3.8) is 0 Å². The van der Waals surface area contributed by atoms with E-state index in [0.29, 0.717) is 0 Å². The lowest BCUT2D eigenvalue weighted by Gasteiger charge is -1.97. The van der Waals surface area contributed by atoms with Gasteiger partial charge in [-0.3, -0.25) is 0 Å². The molecule has 0 aliphatic carbocycles. The number of hydrogen-bond donors (Lipinski definition) is 0.